The van der Waals surface area contributed by atoms with Crippen LogP contribution in [0.2, 0.25) is 0 Å². The number of aromatic nitrogens is 1. The molecule has 0 saturated carbocycles. The second-order valence-electron chi connectivity index (χ2n) is 4.58. The Labute approximate surface area is 116 Å². The van der Waals surface area contributed by atoms with Crippen molar-refractivity contribution in [2.45, 2.75) is 12.5 Å². The Bertz CT molecular complexity index is 666. The van der Waals surface area contributed by atoms with E-state index in [1.54, 1.807) is 0 Å². The minimum atomic E-state index is -3.14. The summed E-state index contributed by atoms with van der Waals surface area (Å²) in [6.45, 7) is -0.361. The second kappa shape index (κ2) is 5.46. The number of anilines is 1. The predicted molar refractivity (Wildman–Crippen MR) is 71.0 cm³/mol. The van der Waals surface area contributed by atoms with Crippen molar-refractivity contribution in [3.63, 3.8) is 0 Å². The van der Waals surface area contributed by atoms with E-state index in [-0.39, 0.29) is 23.6 Å². The summed E-state index contributed by atoms with van der Waals surface area (Å²) in [6, 6.07) is 3.01. The van der Waals surface area contributed by atoms with Crippen molar-refractivity contribution in [2.24, 2.45) is 0 Å². The molecule has 1 atom stereocenters. The van der Waals surface area contributed by atoms with Gasteiger partial charge in [-0.2, -0.15) is 5.26 Å². The lowest BCUT2D eigenvalue weighted by Gasteiger charge is -2.29. The molecule has 1 aliphatic rings. The van der Waals surface area contributed by atoms with Crippen molar-refractivity contribution in [2.75, 3.05) is 23.0 Å². The number of hydrogen-bond acceptors (Lipinski definition) is 6. The number of sulfone groups is 1. The summed E-state index contributed by atoms with van der Waals surface area (Å²) in [5.74, 6) is -1.14. The molecule has 2 rings (SSSR count). The van der Waals surface area contributed by atoms with Crippen LogP contribution in [0.5, 0.6) is 0 Å². The highest BCUT2D eigenvalue weighted by Crippen LogP contribution is 2.26. The molecule has 0 aromatic carbocycles. The molecule has 1 N–H and O–H groups in total. The molecule has 0 spiro atoms. The zero-order valence-electron chi connectivity index (χ0n) is 10.6. The van der Waals surface area contributed by atoms with E-state index in [0.29, 0.717) is 12.1 Å². The number of rotatable bonds is 4. The Balaban J connectivity index is 2.38. The average Bonchev–Trinajstić information content (AvgIpc) is 2.76. The van der Waals surface area contributed by atoms with Gasteiger partial charge in [-0.25, -0.2) is 8.42 Å². The molecule has 1 aliphatic heterocycles. The zero-order valence-corrected chi connectivity index (χ0v) is 11.4. The lowest BCUT2D eigenvalue weighted by molar-refractivity contribution is -0.135. The molecule has 0 aliphatic carbocycles. The first-order chi connectivity index (χ1) is 9.43. The number of carbonyl (C=O) groups is 1. The third-order valence-electron chi connectivity index (χ3n) is 3.18. The molecule has 106 valence electrons. The largest absolute Gasteiger partial charge is 0.480 e. The lowest BCUT2D eigenvalue weighted by atomic mass is 10.1. The van der Waals surface area contributed by atoms with Crippen LogP contribution in [-0.2, 0) is 14.6 Å². The summed E-state index contributed by atoms with van der Waals surface area (Å²) >= 11 is 0. The minimum absolute atomic E-state index is 0.0376. The Morgan fingerprint density at radius 1 is 1.60 bits per heavy atom. The van der Waals surface area contributed by atoms with Gasteiger partial charge in [0.25, 0.3) is 0 Å². The number of nitrogens with zero attached hydrogens (tertiary/aromatic N) is 3. The molecule has 0 radical (unpaired) electrons. The molecule has 20 heavy (non-hydrogen) atoms. The van der Waals surface area contributed by atoms with Crippen LogP contribution in [0.4, 0.5) is 5.69 Å². The van der Waals surface area contributed by atoms with Crippen molar-refractivity contribution in [3.8, 4) is 6.07 Å². The molecular weight excluding hydrogens is 282 g/mol. The highest BCUT2D eigenvalue weighted by molar-refractivity contribution is 7.91. The topological polar surface area (TPSA) is 111 Å². The first kappa shape index (κ1) is 14.3. The van der Waals surface area contributed by atoms with Crippen molar-refractivity contribution in [1.82, 2.24) is 4.98 Å². The first-order valence-electron chi connectivity index (χ1n) is 5.96. The molecule has 0 amide bonds. The van der Waals surface area contributed by atoms with Crippen LogP contribution in [0.3, 0.4) is 0 Å². The van der Waals surface area contributed by atoms with Crippen LogP contribution in [0.1, 0.15) is 12.0 Å². The van der Waals surface area contributed by atoms with Crippen molar-refractivity contribution in [1.29, 1.82) is 5.26 Å². The summed E-state index contributed by atoms with van der Waals surface area (Å²) in [5.41, 5.74) is 0.644. The fourth-order valence-electron chi connectivity index (χ4n) is 2.29. The normalized spacial score (nSPS) is 20.2. The van der Waals surface area contributed by atoms with Gasteiger partial charge in [0.1, 0.15) is 12.6 Å². The highest BCUT2D eigenvalue weighted by atomic mass is 32.2. The third kappa shape index (κ3) is 3.05. The summed E-state index contributed by atoms with van der Waals surface area (Å²) < 4.78 is 23.1. The van der Waals surface area contributed by atoms with Crippen molar-refractivity contribution < 1.29 is 18.3 Å². The number of hydrogen-bond donors (Lipinski definition) is 1. The zero-order chi connectivity index (χ0) is 14.8. The van der Waals surface area contributed by atoms with Gasteiger partial charge in [0, 0.05) is 12.2 Å². The van der Waals surface area contributed by atoms with E-state index in [4.69, 9.17) is 10.4 Å². The SMILES string of the molecule is N#Cc1ccncc1N(CC(=O)O)C1CCS(=O)(=O)C1. The van der Waals surface area contributed by atoms with E-state index in [0.717, 1.165) is 0 Å². The quantitative estimate of drug-likeness (QED) is 0.834. The summed E-state index contributed by atoms with van der Waals surface area (Å²) in [7, 11) is -3.14. The summed E-state index contributed by atoms with van der Waals surface area (Å²) in [5, 5.41) is 18.1. The molecule has 1 aromatic rings. The maximum atomic E-state index is 11.6. The van der Waals surface area contributed by atoms with E-state index in [1.165, 1.54) is 23.4 Å². The van der Waals surface area contributed by atoms with Gasteiger partial charge in [0.2, 0.25) is 0 Å². The Kier molecular flexibility index (Phi) is 3.90. The predicted octanol–water partition coefficient (Wildman–Crippen LogP) is 0.0314. The van der Waals surface area contributed by atoms with Crippen LogP contribution in [0.15, 0.2) is 18.5 Å². The van der Waals surface area contributed by atoms with Gasteiger partial charge >= 0.3 is 5.97 Å². The Hall–Kier alpha value is -2.14. The van der Waals surface area contributed by atoms with Gasteiger partial charge in [0.05, 0.1) is 29.0 Å². The van der Waals surface area contributed by atoms with Gasteiger partial charge in [-0.15, -0.1) is 0 Å². The molecule has 1 saturated heterocycles. The molecule has 8 heteroatoms. The second-order valence-corrected chi connectivity index (χ2v) is 6.81. The monoisotopic (exact) mass is 295 g/mol. The van der Waals surface area contributed by atoms with Gasteiger partial charge < -0.3 is 10.0 Å². The van der Waals surface area contributed by atoms with Gasteiger partial charge in [0.15, 0.2) is 9.84 Å². The van der Waals surface area contributed by atoms with Crippen molar-refractivity contribution in [3.05, 3.63) is 24.0 Å². The first-order valence-corrected chi connectivity index (χ1v) is 7.78. The Morgan fingerprint density at radius 3 is 2.90 bits per heavy atom. The smallest absolute Gasteiger partial charge is 0.323 e. The molecule has 7 nitrogen and oxygen atoms in total. The highest BCUT2D eigenvalue weighted by Gasteiger charge is 2.34. The summed E-state index contributed by atoms with van der Waals surface area (Å²) in [6.07, 6.45) is 3.19. The van der Waals surface area contributed by atoms with E-state index < -0.39 is 21.8 Å². The van der Waals surface area contributed by atoms with E-state index in [2.05, 4.69) is 4.98 Å². The molecule has 2 heterocycles. The molecule has 1 unspecified atom stereocenters. The fourth-order valence-corrected chi connectivity index (χ4v) is 4.02. The third-order valence-corrected chi connectivity index (χ3v) is 4.94. The van der Waals surface area contributed by atoms with Crippen molar-refractivity contribution >= 4 is 21.5 Å². The van der Waals surface area contributed by atoms with Crippen LogP contribution >= 0.6 is 0 Å². The number of pyridine rings is 1. The Morgan fingerprint density at radius 2 is 2.35 bits per heavy atom. The van der Waals surface area contributed by atoms with E-state index in [1.807, 2.05) is 6.07 Å². The van der Waals surface area contributed by atoms with Crippen LogP contribution in [0.25, 0.3) is 0 Å². The maximum Gasteiger partial charge on any atom is 0.323 e. The summed E-state index contributed by atoms with van der Waals surface area (Å²) in [4.78, 5) is 16.3. The van der Waals surface area contributed by atoms with Gasteiger partial charge in [-0.1, -0.05) is 0 Å². The maximum absolute atomic E-state index is 11.6. The number of carboxylic acids is 1. The number of aliphatic carboxylic acids is 1. The van der Waals surface area contributed by atoms with E-state index in [9.17, 15) is 13.2 Å². The van der Waals surface area contributed by atoms with Crippen LogP contribution < -0.4 is 4.90 Å². The minimum Gasteiger partial charge on any atom is -0.480 e. The number of nitriles is 1. The van der Waals surface area contributed by atoms with Gasteiger partial charge in [-0.05, 0) is 12.5 Å². The lowest BCUT2D eigenvalue weighted by Crippen LogP contribution is -2.40. The fraction of sp³-hybridized carbons (Fsp3) is 0.417. The molecule has 1 fully saturated rings. The molecular formula is C12H13N3O4S. The average molecular weight is 295 g/mol. The van der Waals surface area contributed by atoms with Crippen LogP contribution in [0, 0.1) is 11.3 Å². The molecule has 1 aromatic heterocycles. The van der Waals surface area contributed by atoms with E-state index >= 15 is 0 Å². The number of carboxylic acid groups (broad SMARTS) is 1. The standard InChI is InChI=1S/C12H13N3O4S/c13-5-9-1-3-14-6-11(9)15(7-12(16)17)10-2-4-20(18,19)8-10/h1,3,6,10H,2,4,7-8H2,(H,16,17). The molecule has 0 bridgehead atoms. The van der Waals surface area contributed by atoms with Gasteiger partial charge in [-0.3, -0.25) is 9.78 Å². The van der Waals surface area contributed by atoms with Crippen LogP contribution in [-0.4, -0.2) is 48.6 Å².